The lowest BCUT2D eigenvalue weighted by Gasteiger charge is -2.03. The molecule has 112 valence electrons. The number of hydrogen-bond acceptors (Lipinski definition) is 3. The molecular formula is C16H18ClNO2S. The van der Waals surface area contributed by atoms with E-state index in [1.807, 2.05) is 43.3 Å². The van der Waals surface area contributed by atoms with Crippen molar-refractivity contribution < 1.29 is 9.53 Å². The number of amides is 1. The fourth-order valence-electron chi connectivity index (χ4n) is 1.84. The molecule has 1 aromatic carbocycles. The van der Waals surface area contributed by atoms with Gasteiger partial charge in [0.2, 0.25) is 0 Å². The summed E-state index contributed by atoms with van der Waals surface area (Å²) >= 11 is 7.36. The predicted molar refractivity (Wildman–Crippen MR) is 88.2 cm³/mol. The van der Waals surface area contributed by atoms with Crippen LogP contribution in [0.5, 0.6) is 0 Å². The summed E-state index contributed by atoms with van der Waals surface area (Å²) in [5.41, 5.74) is 1.07. The van der Waals surface area contributed by atoms with Crippen LogP contribution in [0.1, 0.15) is 23.0 Å². The quantitative estimate of drug-likeness (QED) is 0.774. The molecule has 21 heavy (non-hydrogen) atoms. The standard InChI is InChI=1S/C16H18ClNO2S/c1-2-20-11-3-10-18-16(19)15-9-8-14(21-15)12-4-6-13(17)7-5-12/h4-9H,2-3,10-11H2,1H3,(H,18,19). The Morgan fingerprint density at radius 2 is 2.00 bits per heavy atom. The summed E-state index contributed by atoms with van der Waals surface area (Å²) < 4.78 is 5.23. The highest BCUT2D eigenvalue weighted by Gasteiger charge is 2.09. The lowest BCUT2D eigenvalue weighted by Crippen LogP contribution is -2.24. The van der Waals surface area contributed by atoms with Crippen LogP contribution in [0.2, 0.25) is 5.02 Å². The lowest BCUT2D eigenvalue weighted by molar-refractivity contribution is 0.0948. The molecule has 2 rings (SSSR count). The number of carbonyl (C=O) groups excluding carboxylic acids is 1. The van der Waals surface area contributed by atoms with Gasteiger partial charge in [0.1, 0.15) is 0 Å². The SMILES string of the molecule is CCOCCCNC(=O)c1ccc(-c2ccc(Cl)cc2)s1. The van der Waals surface area contributed by atoms with Crippen molar-refractivity contribution >= 4 is 28.8 Å². The minimum atomic E-state index is -0.0308. The van der Waals surface area contributed by atoms with Crippen LogP contribution < -0.4 is 5.32 Å². The highest BCUT2D eigenvalue weighted by Crippen LogP contribution is 2.28. The Morgan fingerprint density at radius 1 is 1.24 bits per heavy atom. The highest BCUT2D eigenvalue weighted by atomic mass is 35.5. The first kappa shape index (κ1) is 16.0. The minimum absolute atomic E-state index is 0.0308. The molecule has 0 aliphatic heterocycles. The largest absolute Gasteiger partial charge is 0.382 e. The molecule has 5 heteroatoms. The zero-order valence-electron chi connectivity index (χ0n) is 11.9. The number of thiophene rings is 1. The van der Waals surface area contributed by atoms with Gasteiger partial charge in [-0.25, -0.2) is 0 Å². The molecule has 0 fully saturated rings. The van der Waals surface area contributed by atoms with Crippen LogP contribution in [-0.2, 0) is 4.74 Å². The molecule has 0 spiro atoms. The number of hydrogen-bond donors (Lipinski definition) is 1. The van der Waals surface area contributed by atoms with Crippen LogP contribution in [0.3, 0.4) is 0 Å². The van der Waals surface area contributed by atoms with Crippen molar-refractivity contribution in [3.05, 3.63) is 46.3 Å². The Kier molecular flexibility index (Phi) is 6.23. The minimum Gasteiger partial charge on any atom is -0.382 e. The molecule has 0 saturated carbocycles. The third-order valence-electron chi connectivity index (χ3n) is 2.91. The number of halogens is 1. The normalized spacial score (nSPS) is 10.6. The Labute approximate surface area is 133 Å². The molecule has 2 aromatic rings. The number of rotatable bonds is 7. The monoisotopic (exact) mass is 323 g/mol. The van der Waals surface area contributed by atoms with E-state index in [4.69, 9.17) is 16.3 Å². The van der Waals surface area contributed by atoms with E-state index in [-0.39, 0.29) is 5.91 Å². The van der Waals surface area contributed by atoms with Crippen LogP contribution >= 0.6 is 22.9 Å². The molecule has 3 nitrogen and oxygen atoms in total. The van der Waals surface area contributed by atoms with Crippen molar-refractivity contribution in [3.63, 3.8) is 0 Å². The second-order valence-corrected chi connectivity index (χ2v) is 6.00. The molecule has 1 heterocycles. The molecule has 0 unspecified atom stereocenters. The molecule has 0 bridgehead atoms. The number of carbonyl (C=O) groups is 1. The van der Waals surface area contributed by atoms with Crippen molar-refractivity contribution in [1.82, 2.24) is 5.32 Å². The van der Waals surface area contributed by atoms with Crippen molar-refractivity contribution in [3.8, 4) is 10.4 Å². The van der Waals surface area contributed by atoms with Gasteiger partial charge in [-0.2, -0.15) is 0 Å². The van der Waals surface area contributed by atoms with Gasteiger partial charge in [0.05, 0.1) is 4.88 Å². The highest BCUT2D eigenvalue weighted by molar-refractivity contribution is 7.17. The molecule has 0 aliphatic carbocycles. The van der Waals surface area contributed by atoms with E-state index >= 15 is 0 Å². The summed E-state index contributed by atoms with van der Waals surface area (Å²) in [6.45, 7) is 3.98. The third-order valence-corrected chi connectivity index (χ3v) is 4.30. The van der Waals surface area contributed by atoms with E-state index in [0.717, 1.165) is 21.7 Å². The first-order valence-corrected chi connectivity index (χ1v) is 8.12. The summed E-state index contributed by atoms with van der Waals surface area (Å²) in [7, 11) is 0. The lowest BCUT2D eigenvalue weighted by atomic mass is 10.2. The zero-order chi connectivity index (χ0) is 15.1. The fourth-order valence-corrected chi connectivity index (χ4v) is 2.89. The van der Waals surface area contributed by atoms with Crippen molar-refractivity contribution in [2.24, 2.45) is 0 Å². The van der Waals surface area contributed by atoms with E-state index in [0.29, 0.717) is 24.8 Å². The smallest absolute Gasteiger partial charge is 0.261 e. The van der Waals surface area contributed by atoms with Crippen molar-refractivity contribution in [1.29, 1.82) is 0 Å². The molecule has 0 aliphatic rings. The van der Waals surface area contributed by atoms with Crippen LogP contribution in [0.25, 0.3) is 10.4 Å². The van der Waals surface area contributed by atoms with Gasteiger partial charge in [-0.05, 0) is 43.2 Å². The topological polar surface area (TPSA) is 38.3 Å². The van der Waals surface area contributed by atoms with Crippen LogP contribution in [0.4, 0.5) is 0 Å². The molecular weight excluding hydrogens is 306 g/mol. The first-order chi connectivity index (χ1) is 10.2. The predicted octanol–water partition coefficient (Wildman–Crippen LogP) is 4.22. The van der Waals surface area contributed by atoms with E-state index in [2.05, 4.69) is 5.32 Å². The molecule has 1 aromatic heterocycles. The molecule has 0 atom stereocenters. The third kappa shape index (κ3) is 4.84. The Morgan fingerprint density at radius 3 is 2.71 bits per heavy atom. The number of ether oxygens (including phenoxy) is 1. The summed E-state index contributed by atoms with van der Waals surface area (Å²) in [5.74, 6) is -0.0308. The van der Waals surface area contributed by atoms with Crippen molar-refractivity contribution in [2.45, 2.75) is 13.3 Å². The van der Waals surface area contributed by atoms with Gasteiger partial charge in [-0.3, -0.25) is 4.79 Å². The van der Waals surface area contributed by atoms with Gasteiger partial charge in [-0.1, -0.05) is 23.7 Å². The second kappa shape index (κ2) is 8.17. The summed E-state index contributed by atoms with van der Waals surface area (Å²) in [4.78, 5) is 13.8. The maximum absolute atomic E-state index is 12.0. The summed E-state index contributed by atoms with van der Waals surface area (Å²) in [5, 5.41) is 3.61. The maximum atomic E-state index is 12.0. The zero-order valence-corrected chi connectivity index (χ0v) is 13.5. The maximum Gasteiger partial charge on any atom is 0.261 e. The summed E-state index contributed by atoms with van der Waals surface area (Å²) in [6.07, 6.45) is 0.828. The van der Waals surface area contributed by atoms with E-state index in [1.165, 1.54) is 11.3 Å². The van der Waals surface area contributed by atoms with Gasteiger partial charge in [-0.15, -0.1) is 11.3 Å². The van der Waals surface area contributed by atoms with Gasteiger partial charge in [0.25, 0.3) is 5.91 Å². The van der Waals surface area contributed by atoms with Crippen LogP contribution in [0, 0.1) is 0 Å². The van der Waals surface area contributed by atoms with Gasteiger partial charge in [0.15, 0.2) is 0 Å². The van der Waals surface area contributed by atoms with Gasteiger partial charge >= 0.3 is 0 Å². The van der Waals surface area contributed by atoms with Crippen LogP contribution in [0.15, 0.2) is 36.4 Å². The Bertz CT molecular complexity index is 580. The molecule has 1 N–H and O–H groups in total. The van der Waals surface area contributed by atoms with Gasteiger partial charge in [0, 0.05) is 29.7 Å². The summed E-state index contributed by atoms with van der Waals surface area (Å²) in [6, 6.07) is 11.4. The average molecular weight is 324 g/mol. The van der Waals surface area contributed by atoms with Crippen molar-refractivity contribution in [2.75, 3.05) is 19.8 Å². The number of nitrogens with one attached hydrogen (secondary N) is 1. The Hall–Kier alpha value is -1.36. The molecule has 0 saturated heterocycles. The van der Waals surface area contributed by atoms with Crippen LogP contribution in [-0.4, -0.2) is 25.7 Å². The van der Waals surface area contributed by atoms with E-state index < -0.39 is 0 Å². The van der Waals surface area contributed by atoms with E-state index in [9.17, 15) is 4.79 Å². The van der Waals surface area contributed by atoms with E-state index in [1.54, 1.807) is 0 Å². The van der Waals surface area contributed by atoms with Gasteiger partial charge < -0.3 is 10.1 Å². The number of benzene rings is 1. The first-order valence-electron chi connectivity index (χ1n) is 6.92. The fraction of sp³-hybridized carbons (Fsp3) is 0.312. The average Bonchev–Trinajstić information content (AvgIpc) is 2.97. The second-order valence-electron chi connectivity index (χ2n) is 4.48. The molecule has 1 amide bonds. The Balaban J connectivity index is 1.90. The molecule has 0 radical (unpaired) electrons.